The van der Waals surface area contributed by atoms with E-state index >= 15 is 0 Å². The molecule has 0 atom stereocenters. The molecule has 2 heteroatoms. The molecule has 0 aromatic carbocycles. The quantitative estimate of drug-likeness (QED) is 0.473. The maximum atomic E-state index is 5.55. The Hall–Kier alpha value is -0.370. The Morgan fingerprint density at radius 1 is 1.44 bits per heavy atom. The van der Waals surface area contributed by atoms with Crippen molar-refractivity contribution in [1.29, 1.82) is 0 Å². The largest absolute Gasteiger partial charge is 0.367 e. The first kappa shape index (κ1) is 5.42. The summed E-state index contributed by atoms with van der Waals surface area (Å²) in [7, 11) is 0. The minimum absolute atomic E-state index is 0.203. The van der Waals surface area contributed by atoms with Crippen LogP contribution in [0.15, 0.2) is 4.99 Å². The topological polar surface area (TPSA) is 21.6 Å². The van der Waals surface area contributed by atoms with Crippen molar-refractivity contribution < 1.29 is 4.74 Å². The normalized spacial score (nSPS) is 30.2. The molecule has 0 aromatic heterocycles. The maximum Gasteiger partial charge on any atom is 0.0881 e. The Morgan fingerprint density at radius 2 is 2.33 bits per heavy atom. The van der Waals surface area contributed by atoms with Crippen LogP contribution >= 0.6 is 0 Å². The van der Waals surface area contributed by atoms with E-state index in [1.165, 1.54) is 19.3 Å². The molecule has 0 bridgehead atoms. The molecule has 1 heterocycles. The average Bonchev–Trinajstić information content (AvgIpc) is 1.87. The zero-order valence-electron chi connectivity index (χ0n) is 5.47. The third-order valence-electron chi connectivity index (χ3n) is 2.24. The van der Waals surface area contributed by atoms with Crippen LogP contribution in [0.5, 0.6) is 0 Å². The number of ether oxygens (including phenoxy) is 1. The van der Waals surface area contributed by atoms with Crippen molar-refractivity contribution >= 4 is 6.21 Å². The van der Waals surface area contributed by atoms with Gasteiger partial charge >= 0.3 is 0 Å². The van der Waals surface area contributed by atoms with Crippen LogP contribution in [0.1, 0.15) is 19.3 Å². The molecule has 0 N–H and O–H groups in total. The van der Waals surface area contributed by atoms with E-state index in [0.717, 1.165) is 13.2 Å². The molecule has 9 heavy (non-hydrogen) atoms. The Bertz CT molecular complexity index is 138. The number of hydrogen-bond acceptors (Lipinski definition) is 2. The molecular formula is C7H11NO. The molecule has 50 valence electrons. The van der Waals surface area contributed by atoms with Crippen LogP contribution in [-0.4, -0.2) is 25.0 Å². The van der Waals surface area contributed by atoms with Crippen LogP contribution in [0.25, 0.3) is 0 Å². The molecule has 2 rings (SSSR count). The van der Waals surface area contributed by atoms with Gasteiger partial charge in [-0.05, 0) is 19.3 Å². The predicted octanol–water partition coefficient (Wildman–Crippen LogP) is 1.01. The van der Waals surface area contributed by atoms with E-state index in [-0.39, 0.29) is 5.60 Å². The van der Waals surface area contributed by atoms with Gasteiger partial charge in [0.05, 0.1) is 18.8 Å². The number of rotatable bonds is 0. The summed E-state index contributed by atoms with van der Waals surface area (Å²) < 4.78 is 5.55. The standard InChI is InChI=1S/C7H11NO/c1-2-7(3-1)6-8-4-5-9-7/h4H,1-3,5-6H2. The molecule has 1 aliphatic carbocycles. The summed E-state index contributed by atoms with van der Waals surface area (Å²) in [6.07, 6.45) is 5.65. The summed E-state index contributed by atoms with van der Waals surface area (Å²) in [5, 5.41) is 0. The van der Waals surface area contributed by atoms with Gasteiger partial charge in [0.25, 0.3) is 0 Å². The molecule has 1 fully saturated rings. The van der Waals surface area contributed by atoms with Gasteiger partial charge in [-0.2, -0.15) is 0 Å². The Morgan fingerprint density at radius 3 is 2.67 bits per heavy atom. The van der Waals surface area contributed by atoms with Crippen LogP contribution < -0.4 is 0 Å². The monoisotopic (exact) mass is 125 g/mol. The summed E-state index contributed by atoms with van der Waals surface area (Å²) in [5.41, 5.74) is 0.203. The first-order valence-corrected chi connectivity index (χ1v) is 3.54. The van der Waals surface area contributed by atoms with Gasteiger partial charge in [0, 0.05) is 6.21 Å². The smallest absolute Gasteiger partial charge is 0.0881 e. The van der Waals surface area contributed by atoms with E-state index < -0.39 is 0 Å². The predicted molar refractivity (Wildman–Crippen MR) is 35.9 cm³/mol. The first-order chi connectivity index (χ1) is 4.41. The van der Waals surface area contributed by atoms with Crippen molar-refractivity contribution in [3.8, 4) is 0 Å². The van der Waals surface area contributed by atoms with Crippen molar-refractivity contribution in [3.05, 3.63) is 0 Å². The molecule has 0 radical (unpaired) electrons. The Balaban J connectivity index is 2.04. The van der Waals surface area contributed by atoms with Crippen molar-refractivity contribution in [2.24, 2.45) is 4.99 Å². The molecule has 1 spiro atoms. The van der Waals surface area contributed by atoms with Gasteiger partial charge in [0.2, 0.25) is 0 Å². The molecule has 1 aliphatic heterocycles. The molecule has 0 amide bonds. The molecule has 0 saturated heterocycles. The fourth-order valence-corrected chi connectivity index (χ4v) is 1.42. The molecule has 0 unspecified atom stereocenters. The molecule has 0 aromatic rings. The van der Waals surface area contributed by atoms with Crippen molar-refractivity contribution in [2.75, 3.05) is 13.2 Å². The summed E-state index contributed by atoms with van der Waals surface area (Å²) in [5.74, 6) is 0. The van der Waals surface area contributed by atoms with Gasteiger partial charge in [-0.25, -0.2) is 0 Å². The zero-order chi connectivity index (χ0) is 6.16. The molecule has 2 nitrogen and oxygen atoms in total. The highest BCUT2D eigenvalue weighted by molar-refractivity contribution is 5.59. The molecular weight excluding hydrogens is 114 g/mol. The zero-order valence-corrected chi connectivity index (χ0v) is 5.47. The van der Waals surface area contributed by atoms with Gasteiger partial charge in [0.1, 0.15) is 0 Å². The average molecular weight is 125 g/mol. The number of aliphatic imine (C=N–C) groups is 1. The lowest BCUT2D eigenvalue weighted by molar-refractivity contribution is -0.0805. The fourth-order valence-electron chi connectivity index (χ4n) is 1.42. The lowest BCUT2D eigenvalue weighted by Crippen LogP contribution is -2.45. The van der Waals surface area contributed by atoms with Gasteiger partial charge in [-0.1, -0.05) is 0 Å². The lowest BCUT2D eigenvalue weighted by Gasteiger charge is -2.41. The number of hydrogen-bond donors (Lipinski definition) is 0. The van der Waals surface area contributed by atoms with Crippen LogP contribution in [0.3, 0.4) is 0 Å². The first-order valence-electron chi connectivity index (χ1n) is 3.54. The van der Waals surface area contributed by atoms with E-state index in [9.17, 15) is 0 Å². The molecule has 2 aliphatic rings. The van der Waals surface area contributed by atoms with Crippen molar-refractivity contribution in [3.63, 3.8) is 0 Å². The lowest BCUT2D eigenvalue weighted by atomic mass is 9.80. The highest BCUT2D eigenvalue weighted by Gasteiger charge is 2.38. The van der Waals surface area contributed by atoms with E-state index in [1.807, 2.05) is 6.21 Å². The summed E-state index contributed by atoms with van der Waals surface area (Å²) in [6.45, 7) is 1.65. The van der Waals surface area contributed by atoms with E-state index in [2.05, 4.69) is 4.99 Å². The third-order valence-corrected chi connectivity index (χ3v) is 2.24. The van der Waals surface area contributed by atoms with Crippen LogP contribution in [0.4, 0.5) is 0 Å². The second-order valence-electron chi connectivity index (χ2n) is 2.87. The maximum absolute atomic E-state index is 5.55. The van der Waals surface area contributed by atoms with Gasteiger partial charge in [-0.15, -0.1) is 0 Å². The summed E-state index contributed by atoms with van der Waals surface area (Å²) in [6, 6.07) is 0. The summed E-state index contributed by atoms with van der Waals surface area (Å²) >= 11 is 0. The second-order valence-corrected chi connectivity index (χ2v) is 2.87. The van der Waals surface area contributed by atoms with Gasteiger partial charge < -0.3 is 4.74 Å². The van der Waals surface area contributed by atoms with Crippen molar-refractivity contribution in [2.45, 2.75) is 24.9 Å². The van der Waals surface area contributed by atoms with E-state index in [1.54, 1.807) is 0 Å². The van der Waals surface area contributed by atoms with E-state index in [4.69, 9.17) is 4.74 Å². The Labute approximate surface area is 54.9 Å². The highest BCUT2D eigenvalue weighted by atomic mass is 16.5. The van der Waals surface area contributed by atoms with Gasteiger partial charge in [0.15, 0.2) is 0 Å². The van der Waals surface area contributed by atoms with Crippen LogP contribution in [0, 0.1) is 0 Å². The van der Waals surface area contributed by atoms with Crippen molar-refractivity contribution in [1.82, 2.24) is 0 Å². The minimum atomic E-state index is 0.203. The van der Waals surface area contributed by atoms with Crippen LogP contribution in [0.2, 0.25) is 0 Å². The summed E-state index contributed by atoms with van der Waals surface area (Å²) in [4.78, 5) is 4.20. The number of nitrogens with zero attached hydrogens (tertiary/aromatic N) is 1. The molecule has 1 saturated carbocycles. The van der Waals surface area contributed by atoms with Gasteiger partial charge in [-0.3, -0.25) is 4.99 Å². The van der Waals surface area contributed by atoms with E-state index in [0.29, 0.717) is 0 Å². The highest BCUT2D eigenvalue weighted by Crippen LogP contribution is 2.36. The third kappa shape index (κ3) is 0.778. The Kier molecular flexibility index (Phi) is 1.09. The SMILES string of the molecule is C1=NCC2(CCC2)OC1. The fraction of sp³-hybridized carbons (Fsp3) is 0.857. The minimum Gasteiger partial charge on any atom is -0.367 e. The second kappa shape index (κ2) is 1.81. The van der Waals surface area contributed by atoms with Crippen LogP contribution in [-0.2, 0) is 4.74 Å².